The number of unbranched alkanes of at least 4 members (excludes halogenated alkanes) is 24. The fourth-order valence-electron chi connectivity index (χ4n) is 7.92. The lowest BCUT2D eigenvalue weighted by molar-refractivity contribution is -0.257. The average Bonchev–Trinajstić information content (AvgIpc) is 3.32. The summed E-state index contributed by atoms with van der Waals surface area (Å²) in [6.07, 6.45) is 31.0. The van der Waals surface area contributed by atoms with Gasteiger partial charge in [-0.15, -0.1) is 10.3 Å². The Labute approximate surface area is 375 Å². The Bertz CT molecular complexity index is 1140. The normalized spacial score (nSPS) is 18.1. The highest BCUT2D eigenvalue weighted by molar-refractivity contribution is 8.76. The predicted molar refractivity (Wildman–Crippen MR) is 250 cm³/mol. The molecule has 1 rings (SSSR count). The summed E-state index contributed by atoms with van der Waals surface area (Å²) < 4.78 is 34.3. The molecule has 355 valence electrons. The molecule has 0 bridgehead atoms. The quantitative estimate of drug-likeness (QED) is 0.0271. The fraction of sp³-hybridized carbons (Fsp3) is 0.957. The number of carbonyl (C=O) groups excluding carboxylic acids is 2. The number of likely N-dealkylation sites (N-methyl/N-ethyl adjacent to an activating group) is 1. The fourth-order valence-corrected chi connectivity index (χ4v) is 11.2. The summed E-state index contributed by atoms with van der Waals surface area (Å²) >= 11 is 0. The van der Waals surface area contributed by atoms with Gasteiger partial charge in [0.2, 0.25) is 0 Å². The van der Waals surface area contributed by atoms with Crippen LogP contribution < -0.4 is 0 Å². The number of carbonyl (C=O) groups is 2. The molecule has 0 aliphatic carbocycles. The van der Waals surface area contributed by atoms with Gasteiger partial charge in [0.05, 0.1) is 24.4 Å². The summed E-state index contributed by atoms with van der Waals surface area (Å²) in [7, 11) is 0.576. The van der Waals surface area contributed by atoms with Crippen LogP contribution >= 0.6 is 29.4 Å². The van der Waals surface area contributed by atoms with Crippen molar-refractivity contribution in [1.29, 1.82) is 0 Å². The number of hydroxylamine groups is 2. The molecule has 1 aliphatic rings. The van der Waals surface area contributed by atoms with Crippen LogP contribution in [0.3, 0.4) is 0 Å². The van der Waals surface area contributed by atoms with E-state index in [0.29, 0.717) is 17.9 Å². The summed E-state index contributed by atoms with van der Waals surface area (Å²) in [5, 5.41) is 14.0. The number of nitrogens with zero attached hydrogens (tertiary/aromatic N) is 2. The van der Waals surface area contributed by atoms with Gasteiger partial charge >= 0.3 is 19.8 Å². The number of esters is 2. The molecule has 3 atom stereocenters. The van der Waals surface area contributed by atoms with E-state index in [-0.39, 0.29) is 38.1 Å². The Balaban J connectivity index is 2.43. The summed E-state index contributed by atoms with van der Waals surface area (Å²) in [4.78, 5) is 37.9. The summed E-state index contributed by atoms with van der Waals surface area (Å²) in [6, 6.07) is 0.0309. The van der Waals surface area contributed by atoms with Crippen molar-refractivity contribution in [3.05, 3.63) is 0 Å². The second-order valence-electron chi connectivity index (χ2n) is 18.1. The maximum Gasteiger partial charge on any atom is 0.472 e. The van der Waals surface area contributed by atoms with E-state index in [1.165, 1.54) is 133 Å². The van der Waals surface area contributed by atoms with Gasteiger partial charge in [-0.2, -0.15) is 0 Å². The third-order valence-corrected chi connectivity index (χ3v) is 15.4. The number of hydrogen-bond donors (Lipinski definition) is 1. The number of phosphoric acid groups is 1. The summed E-state index contributed by atoms with van der Waals surface area (Å²) in [6.45, 7) is 11.5. The third-order valence-electron chi connectivity index (χ3n) is 12.0. The first-order chi connectivity index (χ1) is 28.7. The summed E-state index contributed by atoms with van der Waals surface area (Å²) in [5.74, 6) is 0.302. The highest BCUT2D eigenvalue weighted by Crippen LogP contribution is 2.45. The first kappa shape index (κ1) is 57.6. The molecule has 60 heavy (non-hydrogen) atoms. The predicted octanol–water partition coefficient (Wildman–Crippen LogP) is 13.4. The van der Waals surface area contributed by atoms with Crippen molar-refractivity contribution < 1.29 is 42.8 Å². The topological polar surface area (TPSA) is 135 Å². The van der Waals surface area contributed by atoms with Crippen LogP contribution in [0.2, 0.25) is 0 Å². The maximum atomic E-state index is 12.8. The molecule has 1 N–H and O–H groups in total. The third kappa shape index (κ3) is 27.1. The van der Waals surface area contributed by atoms with Crippen LogP contribution in [0.25, 0.3) is 0 Å². The zero-order valence-electron chi connectivity index (χ0n) is 39.4. The van der Waals surface area contributed by atoms with E-state index < -0.39 is 37.7 Å². The molecule has 1 radical (unpaired) electrons. The van der Waals surface area contributed by atoms with Crippen LogP contribution in [0, 0.1) is 0 Å². The number of hydrogen-bond acceptors (Lipinski definition) is 11. The molecule has 1 saturated heterocycles. The monoisotopic (exact) mass is 910 g/mol. The lowest BCUT2D eigenvalue weighted by atomic mass is 9.97. The Morgan fingerprint density at radius 1 is 0.633 bits per heavy atom. The van der Waals surface area contributed by atoms with Crippen molar-refractivity contribution in [3.8, 4) is 0 Å². The van der Waals surface area contributed by atoms with E-state index in [0.717, 1.165) is 43.6 Å². The van der Waals surface area contributed by atoms with Gasteiger partial charge in [0, 0.05) is 30.4 Å². The van der Waals surface area contributed by atoms with Gasteiger partial charge in [-0.05, 0) is 47.6 Å². The second kappa shape index (κ2) is 35.0. The van der Waals surface area contributed by atoms with Gasteiger partial charge in [0.15, 0.2) is 6.10 Å². The molecule has 0 aromatic heterocycles. The van der Waals surface area contributed by atoms with Gasteiger partial charge in [-0.25, -0.2) is 4.57 Å². The Morgan fingerprint density at radius 3 is 1.47 bits per heavy atom. The lowest BCUT2D eigenvalue weighted by Crippen LogP contribution is -2.48. The van der Waals surface area contributed by atoms with E-state index in [1.54, 1.807) is 10.8 Å². The molecule has 14 heteroatoms. The van der Waals surface area contributed by atoms with Crippen LogP contribution in [0.4, 0.5) is 0 Å². The van der Waals surface area contributed by atoms with Crippen molar-refractivity contribution in [2.45, 2.75) is 245 Å². The standard InChI is InChI=1S/C46H90N2O9PS2/c1-8-10-12-14-16-18-20-22-24-26-28-30-32-34-43(49)54-38-41(57-44(50)35-33-31-29-27-25-23-21-19-17-15-13-11-9-2)39-56-58(52,53)55-36-37-59-60-40-42-45(3,4)48(51)46(5,6)47(42)7/h41-42H,8-40H2,1-7H3,(H,52,53)/t41-,42?/m0/s1. The molecule has 1 aliphatic heterocycles. The molecule has 0 spiro atoms. The minimum atomic E-state index is -4.47. The highest BCUT2D eigenvalue weighted by atomic mass is 33.1. The van der Waals surface area contributed by atoms with Crippen molar-refractivity contribution >= 4 is 41.3 Å². The zero-order valence-corrected chi connectivity index (χ0v) is 41.9. The van der Waals surface area contributed by atoms with Gasteiger partial charge in [-0.1, -0.05) is 190 Å². The van der Waals surface area contributed by atoms with Crippen LogP contribution in [0.5, 0.6) is 0 Å². The number of rotatable bonds is 41. The van der Waals surface area contributed by atoms with Gasteiger partial charge in [-0.3, -0.25) is 23.5 Å². The van der Waals surface area contributed by atoms with Crippen molar-refractivity contribution in [2.24, 2.45) is 0 Å². The molecular weight excluding hydrogens is 820 g/mol. The smallest absolute Gasteiger partial charge is 0.462 e. The minimum absolute atomic E-state index is 0.0309. The van der Waals surface area contributed by atoms with E-state index in [4.69, 9.17) is 18.5 Å². The van der Waals surface area contributed by atoms with Crippen LogP contribution in [0.15, 0.2) is 0 Å². The minimum Gasteiger partial charge on any atom is -0.462 e. The summed E-state index contributed by atoms with van der Waals surface area (Å²) in [5.41, 5.74) is -1.16. The van der Waals surface area contributed by atoms with Crippen molar-refractivity contribution in [2.75, 3.05) is 38.4 Å². The molecule has 1 fully saturated rings. The van der Waals surface area contributed by atoms with E-state index in [9.17, 15) is 24.3 Å². The first-order valence-corrected chi connectivity index (χ1v) is 28.1. The molecule has 0 aromatic carbocycles. The van der Waals surface area contributed by atoms with E-state index in [1.807, 2.05) is 34.7 Å². The molecule has 0 amide bonds. The molecule has 1 heterocycles. The highest BCUT2D eigenvalue weighted by Gasteiger charge is 2.56. The van der Waals surface area contributed by atoms with Gasteiger partial charge in [0.25, 0.3) is 0 Å². The van der Waals surface area contributed by atoms with E-state index in [2.05, 4.69) is 18.7 Å². The largest absolute Gasteiger partial charge is 0.472 e. The SMILES string of the molecule is CCCCCCCCCCCCCCCC(=O)OC[C@@H](COP(=O)(O)OCCSSCC1N(C)C(C)(C)N([O])C1(C)C)OC(=O)CCCCCCCCCCCCCCC. The molecule has 0 aromatic rings. The molecule has 2 unspecified atom stereocenters. The number of ether oxygens (including phenoxy) is 2. The molecule has 11 nitrogen and oxygen atoms in total. The van der Waals surface area contributed by atoms with Gasteiger partial charge < -0.3 is 14.4 Å². The first-order valence-electron chi connectivity index (χ1n) is 24.1. The second-order valence-corrected chi connectivity index (χ2v) is 22.1. The zero-order chi connectivity index (χ0) is 44.5. The maximum absolute atomic E-state index is 12.8. The Hall–Kier alpha value is -0.370. The van der Waals surface area contributed by atoms with Crippen LogP contribution in [-0.4, -0.2) is 88.5 Å². The van der Waals surface area contributed by atoms with Crippen molar-refractivity contribution in [3.63, 3.8) is 0 Å². The van der Waals surface area contributed by atoms with Crippen molar-refractivity contribution in [1.82, 2.24) is 9.96 Å². The molecule has 0 saturated carbocycles. The number of phosphoric ester groups is 1. The van der Waals surface area contributed by atoms with Crippen LogP contribution in [0.1, 0.15) is 221 Å². The van der Waals surface area contributed by atoms with Crippen LogP contribution in [-0.2, 0) is 37.9 Å². The Morgan fingerprint density at radius 2 is 1.05 bits per heavy atom. The van der Waals surface area contributed by atoms with Gasteiger partial charge in [0.1, 0.15) is 6.61 Å². The average molecular weight is 910 g/mol. The van der Waals surface area contributed by atoms with E-state index >= 15 is 0 Å². The molecular formula is C46H90N2O9PS2. The lowest BCUT2D eigenvalue weighted by Gasteiger charge is -2.32. The Kier molecular flexibility index (Phi) is 33.6.